The molecule has 1 aromatic carbocycles. The Bertz CT molecular complexity index is 277. The van der Waals surface area contributed by atoms with Gasteiger partial charge in [0, 0.05) is 0 Å². The largest absolute Gasteiger partial charge is 0.323 e. The van der Waals surface area contributed by atoms with Gasteiger partial charge in [0.05, 0.1) is 6.21 Å². The summed E-state index contributed by atoms with van der Waals surface area (Å²) in [6, 6.07) is 6.20. The summed E-state index contributed by atoms with van der Waals surface area (Å²) >= 11 is 0. The Kier molecular flexibility index (Phi) is 2.26. The normalized spacial score (nSPS) is 10.7. The van der Waals surface area contributed by atoms with Gasteiger partial charge < -0.3 is 5.84 Å². The van der Waals surface area contributed by atoms with Crippen LogP contribution in [0.2, 0.25) is 0 Å². The van der Waals surface area contributed by atoms with Gasteiger partial charge in [-0.15, -0.1) is 0 Å². The molecule has 0 radical (unpaired) electrons. The Hall–Kier alpha value is -1.31. The van der Waals surface area contributed by atoms with E-state index in [1.54, 1.807) is 6.21 Å². The number of aryl methyl sites for hydroxylation is 2. The van der Waals surface area contributed by atoms with Crippen LogP contribution in [0.3, 0.4) is 0 Å². The topological polar surface area (TPSA) is 38.4 Å². The highest BCUT2D eigenvalue weighted by Gasteiger charge is 1.93. The summed E-state index contributed by atoms with van der Waals surface area (Å²) in [6.45, 7) is 4.09. The summed E-state index contributed by atoms with van der Waals surface area (Å²) in [5, 5.41) is 3.48. The second-order valence-corrected chi connectivity index (χ2v) is 2.64. The van der Waals surface area contributed by atoms with Crippen LogP contribution in [0.25, 0.3) is 0 Å². The summed E-state index contributed by atoms with van der Waals surface area (Å²) in [7, 11) is 0. The summed E-state index contributed by atoms with van der Waals surface area (Å²) in [5.41, 5.74) is 3.52. The Morgan fingerprint density at radius 1 is 1.36 bits per heavy atom. The Morgan fingerprint density at radius 2 is 2.09 bits per heavy atom. The number of nitrogens with zero attached hydrogens (tertiary/aromatic N) is 1. The molecule has 2 N–H and O–H groups in total. The minimum absolute atomic E-state index is 1.09. The van der Waals surface area contributed by atoms with E-state index < -0.39 is 0 Å². The van der Waals surface area contributed by atoms with Gasteiger partial charge in [0.15, 0.2) is 0 Å². The summed E-state index contributed by atoms with van der Waals surface area (Å²) in [5.74, 6) is 5.05. The smallest absolute Gasteiger partial charge is 0.0540 e. The third-order valence-corrected chi connectivity index (χ3v) is 1.65. The maximum Gasteiger partial charge on any atom is 0.0540 e. The molecule has 11 heavy (non-hydrogen) atoms. The first-order chi connectivity index (χ1) is 5.24. The number of benzene rings is 1. The molecule has 0 aliphatic rings. The number of hydrogen-bond acceptors (Lipinski definition) is 2. The van der Waals surface area contributed by atoms with Crippen molar-refractivity contribution in [3.8, 4) is 0 Å². The fourth-order valence-electron chi connectivity index (χ4n) is 0.979. The Morgan fingerprint density at radius 3 is 2.73 bits per heavy atom. The summed E-state index contributed by atoms with van der Waals surface area (Å²) < 4.78 is 0. The third kappa shape index (κ3) is 1.80. The average Bonchev–Trinajstić information content (AvgIpc) is 1.98. The summed E-state index contributed by atoms with van der Waals surface area (Å²) in [4.78, 5) is 0. The van der Waals surface area contributed by atoms with Crippen molar-refractivity contribution in [1.82, 2.24) is 0 Å². The molecule has 0 aliphatic heterocycles. The zero-order valence-electron chi connectivity index (χ0n) is 6.83. The van der Waals surface area contributed by atoms with Crippen molar-refractivity contribution in [2.24, 2.45) is 10.9 Å². The minimum atomic E-state index is 1.09. The highest BCUT2D eigenvalue weighted by molar-refractivity contribution is 5.81. The molecule has 58 valence electrons. The molecule has 0 spiro atoms. The van der Waals surface area contributed by atoms with Crippen LogP contribution >= 0.6 is 0 Å². The van der Waals surface area contributed by atoms with Crippen molar-refractivity contribution in [1.29, 1.82) is 0 Å². The molecule has 0 atom stereocenters. The van der Waals surface area contributed by atoms with Crippen molar-refractivity contribution in [3.63, 3.8) is 0 Å². The fraction of sp³-hybridized carbons (Fsp3) is 0.222. The lowest BCUT2D eigenvalue weighted by atomic mass is 10.1. The molecule has 0 saturated carbocycles. The van der Waals surface area contributed by atoms with Crippen LogP contribution in [0.4, 0.5) is 0 Å². The van der Waals surface area contributed by atoms with Gasteiger partial charge in [-0.1, -0.05) is 23.8 Å². The third-order valence-electron chi connectivity index (χ3n) is 1.65. The monoisotopic (exact) mass is 148 g/mol. The molecule has 0 amide bonds. The second kappa shape index (κ2) is 3.19. The fourth-order valence-corrected chi connectivity index (χ4v) is 0.979. The molecule has 2 heteroatoms. The van der Waals surface area contributed by atoms with Crippen LogP contribution in [-0.4, -0.2) is 6.21 Å². The van der Waals surface area contributed by atoms with E-state index in [1.807, 2.05) is 13.8 Å². The minimum Gasteiger partial charge on any atom is -0.323 e. The van der Waals surface area contributed by atoms with Gasteiger partial charge in [-0.05, 0) is 25.0 Å². The molecule has 0 aromatic heterocycles. The van der Waals surface area contributed by atoms with E-state index >= 15 is 0 Å². The van der Waals surface area contributed by atoms with Gasteiger partial charge in [0.25, 0.3) is 0 Å². The first-order valence-corrected chi connectivity index (χ1v) is 3.54. The van der Waals surface area contributed by atoms with E-state index in [-0.39, 0.29) is 0 Å². The molecular weight excluding hydrogens is 136 g/mol. The van der Waals surface area contributed by atoms with Crippen LogP contribution < -0.4 is 5.84 Å². The van der Waals surface area contributed by atoms with Crippen molar-refractivity contribution in [2.75, 3.05) is 0 Å². The van der Waals surface area contributed by atoms with Crippen molar-refractivity contribution in [2.45, 2.75) is 13.8 Å². The first-order valence-electron chi connectivity index (χ1n) is 3.54. The van der Waals surface area contributed by atoms with Crippen molar-refractivity contribution >= 4 is 6.21 Å². The van der Waals surface area contributed by atoms with E-state index in [0.29, 0.717) is 0 Å². The predicted octanol–water partition coefficient (Wildman–Crippen LogP) is 1.60. The average molecular weight is 148 g/mol. The van der Waals surface area contributed by atoms with Crippen LogP contribution in [0.1, 0.15) is 16.7 Å². The quantitative estimate of drug-likeness (QED) is 0.366. The van der Waals surface area contributed by atoms with Gasteiger partial charge >= 0.3 is 0 Å². The van der Waals surface area contributed by atoms with Crippen molar-refractivity contribution < 1.29 is 0 Å². The predicted molar refractivity (Wildman–Crippen MR) is 47.7 cm³/mol. The molecule has 0 fully saturated rings. The van der Waals surface area contributed by atoms with E-state index in [1.165, 1.54) is 11.1 Å². The number of nitrogens with two attached hydrogens (primary N) is 1. The highest BCUT2D eigenvalue weighted by atomic mass is 15.1. The molecule has 1 aromatic rings. The van der Waals surface area contributed by atoms with Gasteiger partial charge in [-0.2, -0.15) is 5.10 Å². The standard InChI is InChI=1S/C9H12N2/c1-7-3-4-8(2)9(5-7)6-11-10/h3-6H,10H2,1-2H3/b11-6-. The molecule has 2 nitrogen and oxygen atoms in total. The van der Waals surface area contributed by atoms with Crippen LogP contribution in [0.5, 0.6) is 0 Å². The van der Waals surface area contributed by atoms with Crippen LogP contribution in [-0.2, 0) is 0 Å². The van der Waals surface area contributed by atoms with E-state index in [4.69, 9.17) is 5.84 Å². The maximum atomic E-state index is 5.05. The Labute approximate surface area is 66.7 Å². The van der Waals surface area contributed by atoms with Gasteiger partial charge in [0.2, 0.25) is 0 Å². The van der Waals surface area contributed by atoms with Gasteiger partial charge in [-0.25, -0.2) is 0 Å². The molecule has 0 unspecified atom stereocenters. The lowest BCUT2D eigenvalue weighted by molar-refractivity contribution is 1.26. The van der Waals surface area contributed by atoms with Gasteiger partial charge in [-0.3, -0.25) is 0 Å². The van der Waals surface area contributed by atoms with E-state index in [9.17, 15) is 0 Å². The van der Waals surface area contributed by atoms with Crippen LogP contribution in [0.15, 0.2) is 23.3 Å². The number of hydrogen-bond donors (Lipinski definition) is 1. The Balaban J connectivity index is 3.12. The zero-order valence-corrected chi connectivity index (χ0v) is 6.83. The highest BCUT2D eigenvalue weighted by Crippen LogP contribution is 2.07. The molecule has 1 rings (SSSR count). The summed E-state index contributed by atoms with van der Waals surface area (Å²) in [6.07, 6.45) is 1.67. The molecule has 0 aliphatic carbocycles. The van der Waals surface area contributed by atoms with E-state index in [0.717, 1.165) is 5.56 Å². The maximum absolute atomic E-state index is 5.05. The second-order valence-electron chi connectivity index (χ2n) is 2.64. The van der Waals surface area contributed by atoms with Crippen LogP contribution in [0, 0.1) is 13.8 Å². The molecule has 0 heterocycles. The molecular formula is C9H12N2. The van der Waals surface area contributed by atoms with Gasteiger partial charge in [0.1, 0.15) is 0 Å². The first kappa shape index (κ1) is 7.79. The van der Waals surface area contributed by atoms with Crippen molar-refractivity contribution in [3.05, 3.63) is 34.9 Å². The van der Waals surface area contributed by atoms with E-state index in [2.05, 4.69) is 23.3 Å². The molecule has 0 saturated heterocycles. The lowest BCUT2D eigenvalue weighted by Crippen LogP contribution is -1.90. The lowest BCUT2D eigenvalue weighted by Gasteiger charge is -1.99. The SMILES string of the molecule is Cc1ccc(C)c(/C=N\N)c1. The number of hydrazone groups is 1. The zero-order chi connectivity index (χ0) is 8.27. The molecule has 0 bridgehead atoms. The number of rotatable bonds is 1.